The first kappa shape index (κ1) is 20.0. The van der Waals surface area contributed by atoms with Gasteiger partial charge in [0.25, 0.3) is 5.91 Å². The summed E-state index contributed by atoms with van der Waals surface area (Å²) >= 11 is 0. The van der Waals surface area contributed by atoms with Crippen LogP contribution in [0.5, 0.6) is 0 Å². The van der Waals surface area contributed by atoms with Crippen molar-refractivity contribution in [1.82, 2.24) is 10.2 Å². The molecule has 1 heterocycles. The molecule has 0 aliphatic carbocycles. The number of nitrogens with one attached hydrogen (secondary N) is 1. The van der Waals surface area contributed by atoms with Gasteiger partial charge in [0.15, 0.2) is 6.10 Å². The van der Waals surface area contributed by atoms with Gasteiger partial charge in [0.2, 0.25) is 5.91 Å². The summed E-state index contributed by atoms with van der Waals surface area (Å²) in [5, 5.41) is 2.89. The van der Waals surface area contributed by atoms with Gasteiger partial charge < -0.3 is 15.0 Å². The van der Waals surface area contributed by atoms with Gasteiger partial charge in [0.05, 0.1) is 6.04 Å². The third-order valence-corrected chi connectivity index (χ3v) is 4.99. The van der Waals surface area contributed by atoms with Crippen LogP contribution in [0.1, 0.15) is 29.2 Å². The van der Waals surface area contributed by atoms with Gasteiger partial charge in [-0.1, -0.05) is 42.0 Å². The highest BCUT2D eigenvalue weighted by atomic mass is 19.1. The number of halogens is 1. The van der Waals surface area contributed by atoms with Crippen molar-refractivity contribution in [3.05, 3.63) is 71.0 Å². The van der Waals surface area contributed by atoms with Crippen molar-refractivity contribution in [3.8, 4) is 0 Å². The molecule has 0 bridgehead atoms. The van der Waals surface area contributed by atoms with Crippen molar-refractivity contribution >= 4 is 11.8 Å². The highest BCUT2D eigenvalue weighted by Crippen LogP contribution is 2.29. The minimum Gasteiger partial charge on any atom is -0.356 e. The fraction of sp³-hybridized carbons (Fsp3) is 0.364. The van der Waals surface area contributed by atoms with Crippen molar-refractivity contribution < 1.29 is 18.7 Å². The number of amides is 2. The van der Waals surface area contributed by atoms with E-state index in [9.17, 15) is 14.0 Å². The van der Waals surface area contributed by atoms with Crippen molar-refractivity contribution in [2.45, 2.75) is 31.9 Å². The average molecular weight is 384 g/mol. The van der Waals surface area contributed by atoms with Gasteiger partial charge in [-0.2, -0.15) is 0 Å². The molecule has 1 aliphatic heterocycles. The van der Waals surface area contributed by atoms with Crippen molar-refractivity contribution in [1.29, 1.82) is 0 Å². The molecule has 148 valence electrons. The van der Waals surface area contributed by atoms with Gasteiger partial charge in [-0.25, -0.2) is 4.39 Å². The summed E-state index contributed by atoms with van der Waals surface area (Å²) in [5.41, 5.74) is 2.86. The molecule has 0 saturated carbocycles. The smallest absolute Gasteiger partial charge is 0.251 e. The van der Waals surface area contributed by atoms with Crippen LogP contribution in [0, 0.1) is 12.7 Å². The maximum Gasteiger partial charge on any atom is 0.251 e. The lowest BCUT2D eigenvalue weighted by Crippen LogP contribution is -2.53. The molecule has 0 aromatic heterocycles. The zero-order chi connectivity index (χ0) is 20.1. The summed E-state index contributed by atoms with van der Waals surface area (Å²) in [6, 6.07) is 13.7. The van der Waals surface area contributed by atoms with Gasteiger partial charge in [-0.3, -0.25) is 9.59 Å². The SMILES string of the molecule is Cc1ccc(C2C(C(=O)NCCCc3cccc(F)c3)OCC(=O)N2C)cc1. The van der Waals surface area contributed by atoms with Crippen LogP contribution >= 0.6 is 0 Å². The molecule has 6 heteroatoms. The number of benzene rings is 2. The summed E-state index contributed by atoms with van der Waals surface area (Å²) < 4.78 is 18.8. The molecular formula is C22H25FN2O3. The van der Waals surface area contributed by atoms with E-state index in [4.69, 9.17) is 4.74 Å². The molecule has 0 radical (unpaired) electrons. The number of aryl methyl sites for hydroxylation is 2. The Morgan fingerprint density at radius 1 is 1.25 bits per heavy atom. The van der Waals surface area contributed by atoms with E-state index in [1.165, 1.54) is 12.1 Å². The lowest BCUT2D eigenvalue weighted by Gasteiger charge is -2.38. The maximum atomic E-state index is 13.2. The van der Waals surface area contributed by atoms with Crippen LogP contribution in [0.25, 0.3) is 0 Å². The summed E-state index contributed by atoms with van der Waals surface area (Å²) in [7, 11) is 1.69. The Morgan fingerprint density at radius 2 is 2.00 bits per heavy atom. The number of carbonyl (C=O) groups excluding carboxylic acids is 2. The molecule has 0 spiro atoms. The second kappa shape index (κ2) is 8.97. The Labute approximate surface area is 164 Å². The molecule has 1 N–H and O–H groups in total. The molecule has 1 fully saturated rings. The standard InChI is InChI=1S/C22H25FN2O3/c1-15-8-10-17(11-9-15)20-21(28-14-19(26)25(20)2)22(27)24-12-4-6-16-5-3-7-18(23)13-16/h3,5,7-11,13,20-21H,4,6,12,14H2,1-2H3,(H,24,27). The number of ether oxygens (including phenoxy) is 1. The molecule has 28 heavy (non-hydrogen) atoms. The minimum atomic E-state index is -0.764. The molecule has 1 saturated heterocycles. The van der Waals surface area contributed by atoms with Crippen molar-refractivity contribution in [2.75, 3.05) is 20.2 Å². The van der Waals surface area contributed by atoms with E-state index in [-0.39, 0.29) is 24.2 Å². The first-order valence-electron chi connectivity index (χ1n) is 9.41. The summed E-state index contributed by atoms with van der Waals surface area (Å²) in [4.78, 5) is 26.4. The normalized spacial score (nSPS) is 19.5. The van der Waals surface area contributed by atoms with E-state index >= 15 is 0 Å². The first-order chi connectivity index (χ1) is 13.5. The van der Waals surface area contributed by atoms with E-state index < -0.39 is 12.1 Å². The lowest BCUT2D eigenvalue weighted by atomic mass is 9.96. The zero-order valence-corrected chi connectivity index (χ0v) is 16.2. The van der Waals surface area contributed by atoms with E-state index in [0.717, 1.165) is 16.7 Å². The highest BCUT2D eigenvalue weighted by molar-refractivity contribution is 5.86. The fourth-order valence-electron chi connectivity index (χ4n) is 3.39. The Bertz CT molecular complexity index is 838. The number of nitrogens with zero attached hydrogens (tertiary/aromatic N) is 1. The number of morpholine rings is 1. The Hall–Kier alpha value is -2.73. The predicted molar refractivity (Wildman–Crippen MR) is 104 cm³/mol. The Kier molecular flexibility index (Phi) is 6.41. The molecule has 2 aromatic carbocycles. The number of carbonyl (C=O) groups is 2. The number of hydrogen-bond donors (Lipinski definition) is 1. The quantitative estimate of drug-likeness (QED) is 0.779. The molecule has 2 amide bonds. The van der Waals surface area contributed by atoms with Gasteiger partial charge >= 0.3 is 0 Å². The molecule has 5 nitrogen and oxygen atoms in total. The molecule has 3 rings (SSSR count). The van der Waals surface area contributed by atoms with Gasteiger partial charge in [-0.05, 0) is 43.0 Å². The molecule has 2 unspecified atom stereocenters. The van der Waals surface area contributed by atoms with Crippen LogP contribution in [0.15, 0.2) is 48.5 Å². The zero-order valence-electron chi connectivity index (χ0n) is 16.2. The van der Waals surface area contributed by atoms with Gasteiger partial charge in [0.1, 0.15) is 12.4 Å². The first-order valence-corrected chi connectivity index (χ1v) is 9.41. The van der Waals surface area contributed by atoms with Crippen LogP contribution in [-0.4, -0.2) is 43.0 Å². The van der Waals surface area contributed by atoms with Crippen LogP contribution < -0.4 is 5.32 Å². The minimum absolute atomic E-state index is 0.111. The Morgan fingerprint density at radius 3 is 2.71 bits per heavy atom. The molecule has 2 atom stereocenters. The fourth-order valence-corrected chi connectivity index (χ4v) is 3.39. The summed E-state index contributed by atoms with van der Waals surface area (Å²) in [6.45, 7) is 2.33. The van der Waals surface area contributed by atoms with Crippen LogP contribution in [0.3, 0.4) is 0 Å². The lowest BCUT2D eigenvalue weighted by molar-refractivity contribution is -0.162. The van der Waals surface area contributed by atoms with Crippen molar-refractivity contribution in [3.63, 3.8) is 0 Å². The van der Waals surface area contributed by atoms with E-state index in [1.54, 1.807) is 18.0 Å². The monoisotopic (exact) mass is 384 g/mol. The molecular weight excluding hydrogens is 359 g/mol. The third-order valence-electron chi connectivity index (χ3n) is 4.99. The van der Waals surface area contributed by atoms with Crippen LogP contribution in [0.2, 0.25) is 0 Å². The number of rotatable bonds is 6. The summed E-state index contributed by atoms with van der Waals surface area (Å²) in [5.74, 6) is -0.657. The average Bonchev–Trinajstić information content (AvgIpc) is 2.68. The van der Waals surface area contributed by atoms with E-state index in [2.05, 4.69) is 5.32 Å². The van der Waals surface area contributed by atoms with Gasteiger partial charge in [-0.15, -0.1) is 0 Å². The van der Waals surface area contributed by atoms with Crippen LogP contribution in [0.4, 0.5) is 4.39 Å². The topological polar surface area (TPSA) is 58.6 Å². The Balaban J connectivity index is 1.61. The van der Waals surface area contributed by atoms with E-state index in [1.807, 2.05) is 37.3 Å². The molecule has 2 aromatic rings. The maximum absolute atomic E-state index is 13.2. The second-order valence-electron chi connectivity index (χ2n) is 7.12. The number of hydrogen-bond acceptors (Lipinski definition) is 3. The molecule has 1 aliphatic rings. The van der Waals surface area contributed by atoms with Crippen molar-refractivity contribution in [2.24, 2.45) is 0 Å². The largest absolute Gasteiger partial charge is 0.356 e. The van der Waals surface area contributed by atoms with Crippen LogP contribution in [-0.2, 0) is 20.7 Å². The van der Waals surface area contributed by atoms with E-state index in [0.29, 0.717) is 19.4 Å². The summed E-state index contributed by atoms with van der Waals surface area (Å²) in [6.07, 6.45) is 0.592. The highest BCUT2D eigenvalue weighted by Gasteiger charge is 2.39. The number of likely N-dealkylation sites (N-methyl/N-ethyl adjacent to an activating group) is 1. The van der Waals surface area contributed by atoms with Gasteiger partial charge in [0, 0.05) is 13.6 Å². The third kappa shape index (κ3) is 4.75. The predicted octanol–water partition coefficient (Wildman–Crippen LogP) is 2.78. The second-order valence-corrected chi connectivity index (χ2v) is 7.12.